The van der Waals surface area contributed by atoms with E-state index >= 15 is 0 Å². The lowest BCUT2D eigenvalue weighted by Crippen LogP contribution is -2.35. The van der Waals surface area contributed by atoms with Crippen LogP contribution in [0.5, 0.6) is 0 Å². The van der Waals surface area contributed by atoms with Crippen molar-refractivity contribution < 1.29 is 13.9 Å². The summed E-state index contributed by atoms with van der Waals surface area (Å²) in [6.45, 7) is 2.76. The number of likely N-dealkylation sites (tertiary alicyclic amines) is 1. The van der Waals surface area contributed by atoms with Gasteiger partial charge in [-0.2, -0.15) is 0 Å². The standard InChI is InChI=1S/C14H20N2O3/c1-18-14(17)12-5-7-19-13(12)9-16-6-4-10-2-3-11(8-16)15-10/h5,7,10-11,15H,2-4,6,8-9H2,1H3. The summed E-state index contributed by atoms with van der Waals surface area (Å²) in [5.41, 5.74) is 0.546. The summed E-state index contributed by atoms with van der Waals surface area (Å²) in [5.74, 6) is 0.392. The molecule has 104 valence electrons. The van der Waals surface area contributed by atoms with Crippen molar-refractivity contribution in [3.05, 3.63) is 23.7 Å². The van der Waals surface area contributed by atoms with Gasteiger partial charge in [0.2, 0.25) is 0 Å². The Labute approximate surface area is 112 Å². The molecular weight excluding hydrogens is 244 g/mol. The molecule has 2 aliphatic rings. The number of hydrogen-bond acceptors (Lipinski definition) is 5. The molecule has 0 saturated carbocycles. The number of carbonyl (C=O) groups is 1. The summed E-state index contributed by atoms with van der Waals surface area (Å²) in [4.78, 5) is 14.0. The summed E-state index contributed by atoms with van der Waals surface area (Å²) in [6, 6.07) is 2.94. The minimum atomic E-state index is -0.321. The fourth-order valence-electron chi connectivity index (χ4n) is 3.12. The van der Waals surface area contributed by atoms with Crippen LogP contribution in [0.4, 0.5) is 0 Å². The molecular formula is C14H20N2O3. The lowest BCUT2D eigenvalue weighted by atomic mass is 10.1. The van der Waals surface area contributed by atoms with Gasteiger partial charge in [-0.3, -0.25) is 4.90 Å². The minimum absolute atomic E-state index is 0.321. The molecule has 2 aliphatic heterocycles. The van der Waals surface area contributed by atoms with Crippen LogP contribution in [0.25, 0.3) is 0 Å². The maximum atomic E-state index is 11.6. The van der Waals surface area contributed by atoms with Crippen molar-refractivity contribution in [1.29, 1.82) is 0 Å². The van der Waals surface area contributed by atoms with Gasteiger partial charge in [-0.15, -0.1) is 0 Å². The van der Waals surface area contributed by atoms with Crippen LogP contribution in [-0.4, -0.2) is 43.2 Å². The Hall–Kier alpha value is -1.33. The SMILES string of the molecule is COC(=O)c1ccoc1CN1CCC2CCC(C1)N2. The van der Waals surface area contributed by atoms with Gasteiger partial charge in [0.1, 0.15) is 11.3 Å². The number of furan rings is 1. The summed E-state index contributed by atoms with van der Waals surface area (Å²) >= 11 is 0. The van der Waals surface area contributed by atoms with Crippen LogP contribution in [0.2, 0.25) is 0 Å². The van der Waals surface area contributed by atoms with Crippen molar-refractivity contribution >= 4 is 5.97 Å². The molecule has 2 saturated heterocycles. The van der Waals surface area contributed by atoms with Crippen molar-refractivity contribution in [1.82, 2.24) is 10.2 Å². The molecule has 0 spiro atoms. The summed E-state index contributed by atoms with van der Waals surface area (Å²) in [7, 11) is 1.40. The molecule has 3 heterocycles. The first kappa shape index (κ1) is 12.7. The van der Waals surface area contributed by atoms with Crippen molar-refractivity contribution in [3.8, 4) is 0 Å². The number of rotatable bonds is 3. The van der Waals surface area contributed by atoms with Crippen LogP contribution in [0.3, 0.4) is 0 Å². The number of carbonyl (C=O) groups excluding carboxylic acids is 1. The molecule has 2 fully saturated rings. The van der Waals surface area contributed by atoms with Crippen molar-refractivity contribution in [2.24, 2.45) is 0 Å². The van der Waals surface area contributed by atoms with E-state index in [0.717, 1.165) is 13.1 Å². The Bertz CT molecular complexity index is 457. The molecule has 3 rings (SSSR count). The van der Waals surface area contributed by atoms with Crippen LogP contribution < -0.4 is 5.32 Å². The van der Waals surface area contributed by atoms with E-state index in [2.05, 4.69) is 10.2 Å². The third-order valence-corrected chi connectivity index (χ3v) is 4.13. The van der Waals surface area contributed by atoms with E-state index in [-0.39, 0.29) is 5.97 Å². The zero-order valence-electron chi connectivity index (χ0n) is 11.2. The van der Waals surface area contributed by atoms with Gasteiger partial charge in [-0.25, -0.2) is 4.79 Å². The monoisotopic (exact) mass is 264 g/mol. The lowest BCUT2D eigenvalue weighted by Gasteiger charge is -2.23. The normalized spacial score (nSPS) is 27.2. The second kappa shape index (κ2) is 5.35. The first-order valence-electron chi connectivity index (χ1n) is 6.89. The fraction of sp³-hybridized carbons (Fsp3) is 0.643. The van der Waals surface area contributed by atoms with Gasteiger partial charge in [0.25, 0.3) is 0 Å². The molecule has 1 N–H and O–H groups in total. The molecule has 0 aromatic carbocycles. The largest absolute Gasteiger partial charge is 0.467 e. The summed E-state index contributed by atoms with van der Waals surface area (Å²) < 4.78 is 10.2. The number of esters is 1. The molecule has 2 atom stereocenters. The van der Waals surface area contributed by atoms with Gasteiger partial charge in [0.15, 0.2) is 0 Å². The number of ether oxygens (including phenoxy) is 1. The number of hydrogen-bond donors (Lipinski definition) is 1. The van der Waals surface area contributed by atoms with Crippen molar-refractivity contribution in [2.45, 2.75) is 37.9 Å². The van der Waals surface area contributed by atoms with Crippen LogP contribution >= 0.6 is 0 Å². The topological polar surface area (TPSA) is 54.7 Å². The molecule has 5 heteroatoms. The molecule has 2 bridgehead atoms. The first-order valence-corrected chi connectivity index (χ1v) is 6.89. The average molecular weight is 264 g/mol. The van der Waals surface area contributed by atoms with Gasteiger partial charge < -0.3 is 14.5 Å². The van der Waals surface area contributed by atoms with E-state index in [1.54, 1.807) is 12.3 Å². The molecule has 2 unspecified atom stereocenters. The van der Waals surface area contributed by atoms with E-state index in [9.17, 15) is 4.79 Å². The smallest absolute Gasteiger partial charge is 0.341 e. The first-order chi connectivity index (χ1) is 9.26. The minimum Gasteiger partial charge on any atom is -0.467 e. The molecule has 0 amide bonds. The Morgan fingerprint density at radius 3 is 3.16 bits per heavy atom. The predicted molar refractivity (Wildman–Crippen MR) is 69.9 cm³/mol. The van der Waals surface area contributed by atoms with E-state index in [0.29, 0.717) is 30.0 Å². The Balaban J connectivity index is 1.68. The summed E-state index contributed by atoms with van der Waals surface area (Å²) in [6.07, 6.45) is 5.28. The molecule has 0 radical (unpaired) electrons. The molecule has 1 aromatic rings. The van der Waals surface area contributed by atoms with E-state index in [4.69, 9.17) is 9.15 Å². The van der Waals surface area contributed by atoms with Gasteiger partial charge in [-0.05, 0) is 25.3 Å². The van der Waals surface area contributed by atoms with Crippen LogP contribution in [0, 0.1) is 0 Å². The number of nitrogens with one attached hydrogen (secondary N) is 1. The highest BCUT2D eigenvalue weighted by Crippen LogP contribution is 2.22. The zero-order valence-corrected chi connectivity index (χ0v) is 11.2. The highest BCUT2D eigenvalue weighted by atomic mass is 16.5. The van der Waals surface area contributed by atoms with Gasteiger partial charge in [0, 0.05) is 25.2 Å². The average Bonchev–Trinajstić information content (AvgIpc) is 2.98. The fourth-order valence-corrected chi connectivity index (χ4v) is 3.12. The van der Waals surface area contributed by atoms with Crippen LogP contribution in [0.1, 0.15) is 35.4 Å². The number of nitrogens with zero attached hydrogens (tertiary/aromatic N) is 1. The molecule has 1 aromatic heterocycles. The Morgan fingerprint density at radius 2 is 2.32 bits per heavy atom. The van der Waals surface area contributed by atoms with Gasteiger partial charge in [-0.1, -0.05) is 0 Å². The highest BCUT2D eigenvalue weighted by molar-refractivity contribution is 5.90. The maximum absolute atomic E-state index is 11.6. The van der Waals surface area contributed by atoms with E-state index in [1.807, 2.05) is 0 Å². The van der Waals surface area contributed by atoms with Crippen molar-refractivity contribution in [2.75, 3.05) is 20.2 Å². The van der Waals surface area contributed by atoms with Crippen molar-refractivity contribution in [3.63, 3.8) is 0 Å². The molecule has 19 heavy (non-hydrogen) atoms. The highest BCUT2D eigenvalue weighted by Gasteiger charge is 2.30. The van der Waals surface area contributed by atoms with Crippen LogP contribution in [-0.2, 0) is 11.3 Å². The van der Waals surface area contributed by atoms with Gasteiger partial charge in [0.05, 0.1) is 19.9 Å². The van der Waals surface area contributed by atoms with Gasteiger partial charge >= 0.3 is 5.97 Å². The predicted octanol–water partition coefficient (Wildman–Crippen LogP) is 1.39. The summed E-state index contributed by atoms with van der Waals surface area (Å²) in [5, 5.41) is 3.65. The van der Waals surface area contributed by atoms with E-state index < -0.39 is 0 Å². The second-order valence-electron chi connectivity index (χ2n) is 5.41. The third-order valence-electron chi connectivity index (χ3n) is 4.13. The molecule has 0 aliphatic carbocycles. The third kappa shape index (κ3) is 2.67. The second-order valence-corrected chi connectivity index (χ2v) is 5.41. The number of fused-ring (bicyclic) bond motifs is 2. The lowest BCUT2D eigenvalue weighted by molar-refractivity contribution is 0.0596. The van der Waals surface area contributed by atoms with E-state index in [1.165, 1.54) is 26.4 Å². The Morgan fingerprint density at radius 1 is 1.47 bits per heavy atom. The molecule has 5 nitrogen and oxygen atoms in total. The zero-order chi connectivity index (χ0) is 13.2. The van der Waals surface area contributed by atoms with Crippen LogP contribution in [0.15, 0.2) is 16.7 Å². The maximum Gasteiger partial charge on any atom is 0.341 e. The number of methoxy groups -OCH3 is 1. The quantitative estimate of drug-likeness (QED) is 0.836. The Kier molecular flexibility index (Phi) is 3.57.